The number of aryl methyl sites for hydroxylation is 2. The van der Waals surface area contributed by atoms with Gasteiger partial charge in [-0.15, -0.1) is 0 Å². The van der Waals surface area contributed by atoms with Gasteiger partial charge >= 0.3 is 0 Å². The van der Waals surface area contributed by atoms with Gasteiger partial charge in [0.2, 0.25) is 0 Å². The molecule has 86 valence electrons. The second-order valence-corrected chi connectivity index (χ2v) is 3.98. The van der Waals surface area contributed by atoms with Gasteiger partial charge in [0.25, 0.3) is 0 Å². The number of rotatable bonds is 6. The van der Waals surface area contributed by atoms with E-state index in [-0.39, 0.29) is 6.15 Å². The fourth-order valence-electron chi connectivity index (χ4n) is 1.78. The Morgan fingerprint density at radius 2 is 1.20 bits per heavy atom. The van der Waals surface area contributed by atoms with Gasteiger partial charge in [-0.05, 0) is 36.8 Å². The van der Waals surface area contributed by atoms with E-state index < -0.39 is 0 Å². The molecule has 0 aromatic heterocycles. The fourth-order valence-corrected chi connectivity index (χ4v) is 1.78. The summed E-state index contributed by atoms with van der Waals surface area (Å²) in [6.07, 6.45) is 7.75. The topological polar surface area (TPSA) is 35.0 Å². The summed E-state index contributed by atoms with van der Waals surface area (Å²) in [6.45, 7) is 4.52. The molecule has 0 heterocycles. The van der Waals surface area contributed by atoms with Crippen molar-refractivity contribution in [2.45, 2.75) is 52.4 Å². The van der Waals surface area contributed by atoms with Gasteiger partial charge in [-0.25, -0.2) is 0 Å². The van der Waals surface area contributed by atoms with E-state index in [4.69, 9.17) is 0 Å². The van der Waals surface area contributed by atoms with Crippen LogP contribution >= 0.6 is 0 Å². The first kappa shape index (κ1) is 14.2. The van der Waals surface area contributed by atoms with Crippen LogP contribution in [0.15, 0.2) is 24.3 Å². The summed E-state index contributed by atoms with van der Waals surface area (Å²) in [5, 5.41) is 0. The van der Waals surface area contributed by atoms with Crippen LogP contribution in [0.25, 0.3) is 0 Å². The number of benzene rings is 1. The van der Waals surface area contributed by atoms with Gasteiger partial charge < -0.3 is 6.15 Å². The van der Waals surface area contributed by atoms with E-state index in [1.165, 1.54) is 38.5 Å². The quantitative estimate of drug-likeness (QED) is 0.730. The third-order valence-corrected chi connectivity index (χ3v) is 2.72. The maximum absolute atomic E-state index is 2.29. The zero-order chi connectivity index (χ0) is 10.2. The van der Waals surface area contributed by atoms with Crippen molar-refractivity contribution in [3.8, 4) is 0 Å². The van der Waals surface area contributed by atoms with E-state index in [2.05, 4.69) is 38.1 Å². The lowest BCUT2D eigenvalue weighted by molar-refractivity contribution is 0.758. The molecule has 0 aliphatic heterocycles. The molecule has 0 fully saturated rings. The molecule has 3 N–H and O–H groups in total. The van der Waals surface area contributed by atoms with Crippen molar-refractivity contribution in [3.05, 3.63) is 35.4 Å². The SMILES string of the molecule is CCCCc1ccccc1CCCC.N. The van der Waals surface area contributed by atoms with E-state index in [9.17, 15) is 0 Å². The minimum Gasteiger partial charge on any atom is -0.344 e. The van der Waals surface area contributed by atoms with Crippen molar-refractivity contribution in [2.75, 3.05) is 0 Å². The summed E-state index contributed by atoms with van der Waals surface area (Å²) in [5.41, 5.74) is 3.14. The standard InChI is InChI=1S/C14H22.H3N/c1-3-5-9-13-11-7-8-12-14(13)10-6-4-2;/h7-8,11-12H,3-6,9-10H2,1-2H3;1H3. The monoisotopic (exact) mass is 207 g/mol. The van der Waals surface area contributed by atoms with Gasteiger partial charge in [-0.2, -0.15) is 0 Å². The lowest BCUT2D eigenvalue weighted by atomic mass is 9.98. The van der Waals surface area contributed by atoms with Gasteiger partial charge in [0.1, 0.15) is 0 Å². The highest BCUT2D eigenvalue weighted by atomic mass is 14.1. The number of hydrogen-bond donors (Lipinski definition) is 1. The Hall–Kier alpha value is -0.820. The lowest BCUT2D eigenvalue weighted by Crippen LogP contribution is -1.94. The zero-order valence-corrected chi connectivity index (χ0v) is 10.3. The minimum atomic E-state index is 0. The van der Waals surface area contributed by atoms with Crippen LogP contribution in [0.1, 0.15) is 50.7 Å². The average Bonchev–Trinajstić information content (AvgIpc) is 2.24. The molecular weight excluding hydrogens is 182 g/mol. The first-order valence-electron chi connectivity index (χ1n) is 5.95. The molecule has 1 aromatic rings. The Morgan fingerprint density at radius 1 is 0.800 bits per heavy atom. The maximum atomic E-state index is 2.29. The predicted octanol–water partition coefficient (Wildman–Crippen LogP) is 4.53. The largest absolute Gasteiger partial charge is 0.344 e. The second kappa shape index (κ2) is 8.49. The second-order valence-electron chi connectivity index (χ2n) is 3.98. The van der Waals surface area contributed by atoms with E-state index >= 15 is 0 Å². The average molecular weight is 207 g/mol. The van der Waals surface area contributed by atoms with E-state index in [0.717, 1.165) is 0 Å². The summed E-state index contributed by atoms with van der Waals surface area (Å²) < 4.78 is 0. The fraction of sp³-hybridized carbons (Fsp3) is 0.571. The van der Waals surface area contributed by atoms with Crippen LogP contribution < -0.4 is 6.15 Å². The van der Waals surface area contributed by atoms with E-state index in [1.54, 1.807) is 11.1 Å². The Balaban J connectivity index is 0.00000196. The lowest BCUT2D eigenvalue weighted by Gasteiger charge is -2.07. The highest BCUT2D eigenvalue weighted by Gasteiger charge is 1.99. The molecule has 0 bridgehead atoms. The van der Waals surface area contributed by atoms with Crippen molar-refractivity contribution < 1.29 is 0 Å². The number of unbranched alkanes of at least 4 members (excludes halogenated alkanes) is 2. The summed E-state index contributed by atoms with van der Waals surface area (Å²) in [7, 11) is 0. The molecule has 0 atom stereocenters. The van der Waals surface area contributed by atoms with E-state index in [0.29, 0.717) is 0 Å². The normalized spacial score (nSPS) is 9.73. The molecule has 0 aliphatic rings. The summed E-state index contributed by atoms with van der Waals surface area (Å²) in [5.74, 6) is 0. The van der Waals surface area contributed by atoms with Crippen molar-refractivity contribution in [1.82, 2.24) is 6.15 Å². The third-order valence-electron chi connectivity index (χ3n) is 2.72. The van der Waals surface area contributed by atoms with Crippen LogP contribution in [-0.2, 0) is 12.8 Å². The van der Waals surface area contributed by atoms with Crippen LogP contribution in [0.3, 0.4) is 0 Å². The molecule has 0 unspecified atom stereocenters. The molecule has 1 nitrogen and oxygen atoms in total. The van der Waals surface area contributed by atoms with Crippen molar-refractivity contribution >= 4 is 0 Å². The summed E-state index contributed by atoms with van der Waals surface area (Å²) >= 11 is 0. The van der Waals surface area contributed by atoms with Gasteiger partial charge in [0, 0.05) is 0 Å². The molecular formula is C14H25N. The van der Waals surface area contributed by atoms with Gasteiger partial charge in [-0.3, -0.25) is 0 Å². The maximum Gasteiger partial charge on any atom is -0.0276 e. The molecule has 0 saturated carbocycles. The molecule has 15 heavy (non-hydrogen) atoms. The Morgan fingerprint density at radius 3 is 1.53 bits per heavy atom. The van der Waals surface area contributed by atoms with Crippen LogP contribution in [0, 0.1) is 0 Å². The molecule has 0 saturated heterocycles. The van der Waals surface area contributed by atoms with Crippen LogP contribution in [0.5, 0.6) is 0 Å². The van der Waals surface area contributed by atoms with Crippen LogP contribution in [0.2, 0.25) is 0 Å². The molecule has 1 rings (SSSR count). The Bertz CT molecular complexity index is 228. The molecule has 0 amide bonds. The molecule has 0 radical (unpaired) electrons. The molecule has 1 heteroatoms. The smallest absolute Gasteiger partial charge is 0.0276 e. The van der Waals surface area contributed by atoms with Gasteiger partial charge in [-0.1, -0.05) is 51.0 Å². The Kier molecular flexibility index (Phi) is 8.02. The first-order valence-corrected chi connectivity index (χ1v) is 5.95. The summed E-state index contributed by atoms with van der Waals surface area (Å²) in [4.78, 5) is 0. The third kappa shape index (κ3) is 4.98. The number of hydrogen-bond acceptors (Lipinski definition) is 1. The predicted molar refractivity (Wildman–Crippen MR) is 68.7 cm³/mol. The Labute approximate surface area is 94.5 Å². The first-order chi connectivity index (χ1) is 6.88. The van der Waals surface area contributed by atoms with Crippen molar-refractivity contribution in [1.29, 1.82) is 0 Å². The van der Waals surface area contributed by atoms with Gasteiger partial charge in [0.15, 0.2) is 0 Å². The molecule has 1 aromatic carbocycles. The summed E-state index contributed by atoms with van der Waals surface area (Å²) in [6, 6.07) is 8.92. The van der Waals surface area contributed by atoms with E-state index in [1.807, 2.05) is 0 Å². The highest BCUT2D eigenvalue weighted by molar-refractivity contribution is 5.27. The van der Waals surface area contributed by atoms with Crippen LogP contribution in [-0.4, -0.2) is 0 Å². The molecule has 0 spiro atoms. The van der Waals surface area contributed by atoms with Crippen molar-refractivity contribution in [3.63, 3.8) is 0 Å². The van der Waals surface area contributed by atoms with Crippen LogP contribution in [0.4, 0.5) is 0 Å². The molecule has 0 aliphatic carbocycles. The van der Waals surface area contributed by atoms with Gasteiger partial charge in [0.05, 0.1) is 0 Å². The highest BCUT2D eigenvalue weighted by Crippen LogP contribution is 2.14. The van der Waals surface area contributed by atoms with Crippen molar-refractivity contribution in [2.24, 2.45) is 0 Å². The minimum absolute atomic E-state index is 0. The zero-order valence-electron chi connectivity index (χ0n) is 10.3.